The number of rotatable bonds is 6. The SMILES string of the molecule is Cc1nc(-c2ccccc2)sc1C(=O)NCc1ccccc1Cn1cncn1. The van der Waals surface area contributed by atoms with Crippen LogP contribution in [0.25, 0.3) is 10.6 Å². The molecule has 4 aromatic rings. The standard InChI is InChI=1S/C21H19N5OS/c1-15-19(28-21(25-15)16-7-3-2-4-8-16)20(27)23-11-17-9-5-6-10-18(17)12-26-14-22-13-24-26/h2-10,13-14H,11-12H2,1H3,(H,23,27). The molecule has 0 radical (unpaired) electrons. The molecule has 1 N–H and O–H groups in total. The van der Waals surface area contributed by atoms with Crippen LogP contribution in [0.1, 0.15) is 26.5 Å². The van der Waals surface area contributed by atoms with E-state index in [1.807, 2.05) is 61.5 Å². The normalized spacial score (nSPS) is 10.8. The van der Waals surface area contributed by atoms with E-state index >= 15 is 0 Å². The quantitative estimate of drug-likeness (QED) is 0.546. The minimum absolute atomic E-state index is 0.104. The maximum Gasteiger partial charge on any atom is 0.263 e. The summed E-state index contributed by atoms with van der Waals surface area (Å²) in [5, 5.41) is 8.03. The fourth-order valence-corrected chi connectivity index (χ4v) is 3.93. The number of amides is 1. The summed E-state index contributed by atoms with van der Waals surface area (Å²) in [6.45, 7) is 2.93. The van der Waals surface area contributed by atoms with E-state index in [1.165, 1.54) is 17.7 Å². The van der Waals surface area contributed by atoms with Gasteiger partial charge in [0.05, 0.1) is 12.2 Å². The van der Waals surface area contributed by atoms with Crippen LogP contribution in [0.3, 0.4) is 0 Å². The van der Waals surface area contributed by atoms with Crippen LogP contribution in [0.5, 0.6) is 0 Å². The molecule has 0 aliphatic carbocycles. The van der Waals surface area contributed by atoms with E-state index in [0.717, 1.165) is 27.4 Å². The van der Waals surface area contributed by atoms with Gasteiger partial charge in [0.1, 0.15) is 22.5 Å². The second-order valence-electron chi connectivity index (χ2n) is 6.34. The van der Waals surface area contributed by atoms with Crippen molar-refractivity contribution in [2.45, 2.75) is 20.0 Å². The minimum Gasteiger partial charge on any atom is -0.347 e. The van der Waals surface area contributed by atoms with Crippen LogP contribution in [0.2, 0.25) is 0 Å². The Bertz CT molecular complexity index is 1070. The molecule has 140 valence electrons. The molecule has 0 aliphatic rings. The van der Waals surface area contributed by atoms with Crippen molar-refractivity contribution in [2.75, 3.05) is 0 Å². The van der Waals surface area contributed by atoms with Crippen LogP contribution >= 0.6 is 11.3 Å². The molecule has 2 aromatic heterocycles. The molecule has 7 heteroatoms. The monoisotopic (exact) mass is 389 g/mol. The minimum atomic E-state index is -0.104. The lowest BCUT2D eigenvalue weighted by atomic mass is 10.1. The Balaban J connectivity index is 1.48. The van der Waals surface area contributed by atoms with E-state index in [9.17, 15) is 4.79 Å². The van der Waals surface area contributed by atoms with Gasteiger partial charge in [0.2, 0.25) is 0 Å². The zero-order chi connectivity index (χ0) is 19.3. The number of aromatic nitrogens is 4. The lowest BCUT2D eigenvalue weighted by molar-refractivity contribution is 0.0954. The van der Waals surface area contributed by atoms with Gasteiger partial charge in [0.15, 0.2) is 0 Å². The molecule has 4 rings (SSSR count). The molecule has 0 atom stereocenters. The maximum absolute atomic E-state index is 12.7. The summed E-state index contributed by atoms with van der Waals surface area (Å²) in [7, 11) is 0. The number of hydrogen-bond donors (Lipinski definition) is 1. The van der Waals surface area contributed by atoms with Crippen molar-refractivity contribution in [1.82, 2.24) is 25.1 Å². The molecule has 28 heavy (non-hydrogen) atoms. The summed E-state index contributed by atoms with van der Waals surface area (Å²) in [4.78, 5) is 21.9. The lowest BCUT2D eigenvalue weighted by Crippen LogP contribution is -2.23. The average molecular weight is 389 g/mol. The first-order chi connectivity index (χ1) is 13.7. The summed E-state index contributed by atoms with van der Waals surface area (Å²) >= 11 is 1.42. The number of thiazole rings is 1. The fraction of sp³-hybridized carbons (Fsp3) is 0.143. The van der Waals surface area contributed by atoms with Crippen molar-refractivity contribution < 1.29 is 4.79 Å². The molecule has 0 bridgehead atoms. The summed E-state index contributed by atoms with van der Waals surface area (Å²) in [6, 6.07) is 17.9. The van der Waals surface area contributed by atoms with Crippen LogP contribution in [0.15, 0.2) is 67.3 Å². The highest BCUT2D eigenvalue weighted by atomic mass is 32.1. The van der Waals surface area contributed by atoms with Gasteiger partial charge in [0.25, 0.3) is 5.91 Å². The van der Waals surface area contributed by atoms with Gasteiger partial charge in [-0.2, -0.15) is 5.10 Å². The Kier molecular flexibility index (Phi) is 5.25. The van der Waals surface area contributed by atoms with Crippen LogP contribution in [0, 0.1) is 6.92 Å². The lowest BCUT2D eigenvalue weighted by Gasteiger charge is -2.10. The molecule has 6 nitrogen and oxygen atoms in total. The Morgan fingerprint density at radius 1 is 1.07 bits per heavy atom. The molecule has 2 aromatic carbocycles. The first-order valence-electron chi connectivity index (χ1n) is 8.91. The smallest absolute Gasteiger partial charge is 0.263 e. The van der Waals surface area contributed by atoms with Gasteiger partial charge in [-0.25, -0.2) is 14.6 Å². The average Bonchev–Trinajstić information content (AvgIpc) is 3.37. The van der Waals surface area contributed by atoms with Gasteiger partial charge in [-0.05, 0) is 18.1 Å². The molecule has 1 amide bonds. The van der Waals surface area contributed by atoms with E-state index < -0.39 is 0 Å². The molecule has 0 fully saturated rings. The molecule has 0 aliphatic heterocycles. The van der Waals surface area contributed by atoms with Gasteiger partial charge < -0.3 is 5.32 Å². The van der Waals surface area contributed by atoms with Gasteiger partial charge in [0, 0.05) is 12.1 Å². The fourth-order valence-electron chi connectivity index (χ4n) is 2.94. The Labute approximate surface area is 166 Å². The third-order valence-corrected chi connectivity index (χ3v) is 5.59. The van der Waals surface area contributed by atoms with Crippen molar-refractivity contribution in [2.24, 2.45) is 0 Å². The zero-order valence-corrected chi connectivity index (χ0v) is 16.2. The van der Waals surface area contributed by atoms with Crippen LogP contribution in [-0.4, -0.2) is 25.7 Å². The first kappa shape index (κ1) is 18.1. The number of aryl methyl sites for hydroxylation is 1. The predicted molar refractivity (Wildman–Crippen MR) is 109 cm³/mol. The van der Waals surface area contributed by atoms with Gasteiger partial charge in [-0.15, -0.1) is 11.3 Å². The number of carbonyl (C=O) groups excluding carboxylic acids is 1. The highest BCUT2D eigenvalue weighted by molar-refractivity contribution is 7.17. The van der Waals surface area contributed by atoms with Crippen molar-refractivity contribution in [1.29, 1.82) is 0 Å². The Morgan fingerprint density at radius 2 is 1.82 bits per heavy atom. The number of carbonyl (C=O) groups is 1. The van der Waals surface area contributed by atoms with Gasteiger partial charge >= 0.3 is 0 Å². The third-order valence-electron chi connectivity index (χ3n) is 4.38. The predicted octanol–water partition coefficient (Wildman–Crippen LogP) is 3.69. The third kappa shape index (κ3) is 3.99. The molecule has 2 heterocycles. The summed E-state index contributed by atoms with van der Waals surface area (Å²) in [5.41, 5.74) is 3.92. The number of hydrogen-bond acceptors (Lipinski definition) is 5. The topological polar surface area (TPSA) is 72.7 Å². The second-order valence-corrected chi connectivity index (χ2v) is 7.34. The van der Waals surface area contributed by atoms with Crippen LogP contribution in [-0.2, 0) is 13.1 Å². The van der Waals surface area contributed by atoms with Crippen LogP contribution < -0.4 is 5.32 Å². The summed E-state index contributed by atoms with van der Waals surface area (Å²) < 4.78 is 1.76. The van der Waals surface area contributed by atoms with Crippen molar-refractivity contribution >= 4 is 17.2 Å². The van der Waals surface area contributed by atoms with Crippen molar-refractivity contribution in [3.8, 4) is 10.6 Å². The molecular formula is C21H19N5OS. The largest absolute Gasteiger partial charge is 0.347 e. The highest BCUT2D eigenvalue weighted by Gasteiger charge is 2.16. The summed E-state index contributed by atoms with van der Waals surface area (Å²) in [5.74, 6) is -0.104. The highest BCUT2D eigenvalue weighted by Crippen LogP contribution is 2.27. The van der Waals surface area contributed by atoms with E-state index in [1.54, 1.807) is 11.0 Å². The van der Waals surface area contributed by atoms with Crippen LogP contribution in [0.4, 0.5) is 0 Å². The molecule has 0 spiro atoms. The number of benzene rings is 2. The molecular weight excluding hydrogens is 370 g/mol. The van der Waals surface area contributed by atoms with Crippen molar-refractivity contribution in [3.05, 3.63) is 88.9 Å². The molecule has 0 unspecified atom stereocenters. The Morgan fingerprint density at radius 3 is 2.57 bits per heavy atom. The first-order valence-corrected chi connectivity index (χ1v) is 9.72. The van der Waals surface area contributed by atoms with E-state index in [2.05, 4.69) is 20.4 Å². The van der Waals surface area contributed by atoms with E-state index in [4.69, 9.17) is 0 Å². The van der Waals surface area contributed by atoms with Crippen molar-refractivity contribution in [3.63, 3.8) is 0 Å². The maximum atomic E-state index is 12.7. The molecule has 0 saturated heterocycles. The summed E-state index contributed by atoms with van der Waals surface area (Å²) in [6.07, 6.45) is 3.20. The zero-order valence-electron chi connectivity index (χ0n) is 15.4. The second kappa shape index (κ2) is 8.14. The molecule has 0 saturated carbocycles. The Hall–Kier alpha value is -3.32. The number of nitrogens with zero attached hydrogens (tertiary/aromatic N) is 4. The number of nitrogens with one attached hydrogen (secondary N) is 1. The van der Waals surface area contributed by atoms with E-state index in [-0.39, 0.29) is 5.91 Å². The van der Waals surface area contributed by atoms with Gasteiger partial charge in [-0.3, -0.25) is 4.79 Å². The van der Waals surface area contributed by atoms with Gasteiger partial charge in [-0.1, -0.05) is 54.6 Å². The van der Waals surface area contributed by atoms with E-state index in [0.29, 0.717) is 18.0 Å².